The molecule has 0 unspecified atom stereocenters. The number of ether oxygens (including phenoxy) is 4. The van der Waals surface area contributed by atoms with Gasteiger partial charge >= 0.3 is 6.16 Å². The maximum atomic E-state index is 13.9. The third-order valence-electron chi connectivity index (χ3n) is 6.86. The first-order valence-electron chi connectivity index (χ1n) is 13.5. The van der Waals surface area contributed by atoms with E-state index in [-0.39, 0.29) is 43.9 Å². The Labute approximate surface area is 218 Å². The van der Waals surface area contributed by atoms with Crippen molar-refractivity contribution in [2.75, 3.05) is 32.9 Å². The number of para-hydroxylation sites is 1. The van der Waals surface area contributed by atoms with Crippen LogP contribution in [0.1, 0.15) is 69.8 Å². The number of nitrogens with zero attached hydrogens (tertiary/aromatic N) is 2. The van der Waals surface area contributed by atoms with E-state index in [0.29, 0.717) is 22.7 Å². The molecule has 0 radical (unpaired) electrons. The molecule has 9 nitrogen and oxygen atoms in total. The van der Waals surface area contributed by atoms with Gasteiger partial charge in [-0.3, -0.25) is 4.79 Å². The quantitative estimate of drug-likeness (QED) is 0.360. The Bertz CT molecular complexity index is 1060. The Morgan fingerprint density at radius 3 is 2.59 bits per heavy atom. The van der Waals surface area contributed by atoms with Crippen LogP contribution in [0.3, 0.4) is 0 Å². The molecule has 1 saturated heterocycles. The smallest absolute Gasteiger partial charge is 0.489 e. The van der Waals surface area contributed by atoms with E-state index in [1.165, 1.54) is 0 Å². The largest absolute Gasteiger partial charge is 0.508 e. The zero-order chi connectivity index (χ0) is 26.2. The highest BCUT2D eigenvalue weighted by molar-refractivity contribution is 5.98. The second-order valence-electron chi connectivity index (χ2n) is 9.87. The highest BCUT2D eigenvalue weighted by atomic mass is 16.7. The van der Waals surface area contributed by atoms with E-state index >= 15 is 0 Å². The Kier molecular flexibility index (Phi) is 9.44. The standard InChI is InChI=1S/C28H39N3O6/c1-4-34-28(33)36-16-15-35-25-17-23(27(32)31(19(2)3)20-9-8-14-29-18-20)30-26-22(25)12-7-13-24(26)37-21-10-5-6-11-21/h7,12-13,17,19-21,29H,4-6,8-11,14-16,18H2,1-3H3/t20-/m1/s1. The molecule has 2 heterocycles. The van der Waals surface area contributed by atoms with Gasteiger partial charge in [0.15, 0.2) is 0 Å². The molecule has 1 aromatic heterocycles. The number of hydrogen-bond acceptors (Lipinski definition) is 8. The van der Waals surface area contributed by atoms with Gasteiger partial charge in [-0.15, -0.1) is 0 Å². The number of piperidine rings is 1. The molecule has 1 N–H and O–H groups in total. The number of pyridine rings is 1. The second-order valence-corrected chi connectivity index (χ2v) is 9.87. The highest BCUT2D eigenvalue weighted by Crippen LogP contribution is 2.34. The summed E-state index contributed by atoms with van der Waals surface area (Å²) in [7, 11) is 0. The van der Waals surface area contributed by atoms with Gasteiger partial charge in [0.2, 0.25) is 0 Å². The molecule has 1 aliphatic carbocycles. The molecule has 0 spiro atoms. The van der Waals surface area contributed by atoms with Gasteiger partial charge in [0.05, 0.1) is 12.7 Å². The molecule has 9 heteroatoms. The molecule has 1 amide bonds. The summed E-state index contributed by atoms with van der Waals surface area (Å²) in [4.78, 5) is 32.2. The van der Waals surface area contributed by atoms with Crippen molar-refractivity contribution in [2.24, 2.45) is 0 Å². The average molecular weight is 514 g/mol. The van der Waals surface area contributed by atoms with Crippen LogP contribution in [0.25, 0.3) is 10.9 Å². The van der Waals surface area contributed by atoms with Crippen LogP contribution < -0.4 is 14.8 Å². The number of benzene rings is 1. The van der Waals surface area contributed by atoms with Gasteiger partial charge in [-0.25, -0.2) is 9.78 Å². The van der Waals surface area contributed by atoms with Crippen LogP contribution in [0.4, 0.5) is 4.79 Å². The van der Waals surface area contributed by atoms with Crippen LogP contribution >= 0.6 is 0 Å². The van der Waals surface area contributed by atoms with Crippen molar-refractivity contribution in [3.8, 4) is 11.5 Å². The summed E-state index contributed by atoms with van der Waals surface area (Å²) >= 11 is 0. The SMILES string of the molecule is CCOC(=O)OCCOc1cc(C(=O)N(C(C)C)[C@@H]2CCCNC2)nc2c(OC3CCCC3)cccc12. The second kappa shape index (κ2) is 12.9. The van der Waals surface area contributed by atoms with Gasteiger partial charge in [0.25, 0.3) is 5.91 Å². The van der Waals surface area contributed by atoms with E-state index in [4.69, 9.17) is 23.9 Å². The molecule has 37 heavy (non-hydrogen) atoms. The number of fused-ring (bicyclic) bond motifs is 1. The lowest BCUT2D eigenvalue weighted by Crippen LogP contribution is -2.51. The van der Waals surface area contributed by atoms with Crippen LogP contribution in [0, 0.1) is 0 Å². The fourth-order valence-corrected chi connectivity index (χ4v) is 5.16. The molecule has 1 aliphatic heterocycles. The molecule has 4 rings (SSSR count). The molecular weight excluding hydrogens is 474 g/mol. The number of amides is 1. The van der Waals surface area contributed by atoms with E-state index in [9.17, 15) is 9.59 Å². The van der Waals surface area contributed by atoms with Crippen LogP contribution in [0.5, 0.6) is 11.5 Å². The van der Waals surface area contributed by atoms with Crippen molar-refractivity contribution in [3.63, 3.8) is 0 Å². The van der Waals surface area contributed by atoms with Crippen molar-refractivity contribution in [3.05, 3.63) is 30.0 Å². The van der Waals surface area contributed by atoms with Gasteiger partial charge in [0.1, 0.15) is 35.9 Å². The summed E-state index contributed by atoms with van der Waals surface area (Å²) in [6.45, 7) is 7.90. The van der Waals surface area contributed by atoms with Gasteiger partial charge in [-0.05, 0) is 78.0 Å². The van der Waals surface area contributed by atoms with Crippen LogP contribution in [-0.2, 0) is 9.47 Å². The molecule has 1 aromatic carbocycles. The first kappa shape index (κ1) is 27.0. The zero-order valence-electron chi connectivity index (χ0n) is 22.2. The first-order chi connectivity index (χ1) is 18.0. The summed E-state index contributed by atoms with van der Waals surface area (Å²) in [5, 5.41) is 4.16. The minimum Gasteiger partial charge on any atom is -0.489 e. The van der Waals surface area contributed by atoms with E-state index in [2.05, 4.69) is 5.32 Å². The molecule has 0 bridgehead atoms. The van der Waals surface area contributed by atoms with Gasteiger partial charge in [0, 0.05) is 30.1 Å². The minimum absolute atomic E-state index is 0.0159. The van der Waals surface area contributed by atoms with E-state index in [1.807, 2.05) is 36.9 Å². The number of nitrogens with one attached hydrogen (secondary N) is 1. The third-order valence-corrected chi connectivity index (χ3v) is 6.86. The fourth-order valence-electron chi connectivity index (χ4n) is 5.16. The normalized spacial score (nSPS) is 18.1. The lowest BCUT2D eigenvalue weighted by atomic mass is 10.0. The summed E-state index contributed by atoms with van der Waals surface area (Å²) < 4.78 is 22.2. The number of aromatic nitrogens is 1. The molecule has 2 aliphatic rings. The molecule has 2 fully saturated rings. The van der Waals surface area contributed by atoms with Crippen molar-refractivity contribution in [1.29, 1.82) is 0 Å². The Balaban J connectivity index is 1.65. The van der Waals surface area contributed by atoms with Gasteiger partial charge in [-0.1, -0.05) is 6.07 Å². The molecular formula is C28H39N3O6. The zero-order valence-corrected chi connectivity index (χ0v) is 22.2. The molecule has 1 saturated carbocycles. The van der Waals surface area contributed by atoms with E-state index < -0.39 is 6.16 Å². The third kappa shape index (κ3) is 6.83. The average Bonchev–Trinajstić information content (AvgIpc) is 3.40. The lowest BCUT2D eigenvalue weighted by Gasteiger charge is -2.37. The molecule has 202 valence electrons. The predicted molar refractivity (Wildman–Crippen MR) is 140 cm³/mol. The lowest BCUT2D eigenvalue weighted by molar-refractivity contribution is 0.0497. The van der Waals surface area contributed by atoms with E-state index in [0.717, 1.165) is 57.0 Å². The topological polar surface area (TPSA) is 99.2 Å². The van der Waals surface area contributed by atoms with Crippen LogP contribution in [0.15, 0.2) is 24.3 Å². The number of carbonyl (C=O) groups excluding carboxylic acids is 2. The van der Waals surface area contributed by atoms with Crippen molar-refractivity contribution in [1.82, 2.24) is 15.2 Å². The van der Waals surface area contributed by atoms with Gasteiger partial charge < -0.3 is 29.2 Å². The molecule has 1 atom stereocenters. The van der Waals surface area contributed by atoms with Crippen molar-refractivity contribution < 1.29 is 28.5 Å². The summed E-state index contributed by atoms with van der Waals surface area (Å²) in [6, 6.07) is 7.53. The van der Waals surface area contributed by atoms with Crippen molar-refractivity contribution in [2.45, 2.75) is 77.5 Å². The maximum Gasteiger partial charge on any atom is 0.508 e. The monoisotopic (exact) mass is 513 g/mol. The predicted octanol–water partition coefficient (Wildman–Crippen LogP) is 4.71. The van der Waals surface area contributed by atoms with Gasteiger partial charge in [-0.2, -0.15) is 0 Å². The first-order valence-corrected chi connectivity index (χ1v) is 13.5. The Morgan fingerprint density at radius 1 is 1.08 bits per heavy atom. The Hall–Kier alpha value is -3.07. The van der Waals surface area contributed by atoms with Crippen LogP contribution in [-0.4, -0.2) is 73.0 Å². The fraction of sp³-hybridized carbons (Fsp3) is 0.607. The summed E-state index contributed by atoms with van der Waals surface area (Å²) in [5.41, 5.74) is 0.919. The number of hydrogen-bond donors (Lipinski definition) is 1. The molecule has 2 aromatic rings. The van der Waals surface area contributed by atoms with Crippen molar-refractivity contribution >= 4 is 23.0 Å². The maximum absolute atomic E-state index is 13.9. The highest BCUT2D eigenvalue weighted by Gasteiger charge is 2.30. The van der Waals surface area contributed by atoms with Crippen LogP contribution in [0.2, 0.25) is 0 Å². The minimum atomic E-state index is -0.734. The summed E-state index contributed by atoms with van der Waals surface area (Å²) in [6.07, 6.45) is 5.73. The Morgan fingerprint density at radius 2 is 1.89 bits per heavy atom. The summed E-state index contributed by atoms with van der Waals surface area (Å²) in [5.74, 6) is 1.03. The number of carbonyl (C=O) groups is 2. The number of rotatable bonds is 10. The van der Waals surface area contributed by atoms with E-state index in [1.54, 1.807) is 13.0 Å².